The molecule has 1 saturated heterocycles. The molecule has 3 aromatic carbocycles. The Bertz CT molecular complexity index is 1070. The number of amides is 2. The number of nitrogens with one attached hydrogen (secondary N) is 2. The zero-order valence-electron chi connectivity index (χ0n) is 17.0. The van der Waals surface area contributed by atoms with Gasteiger partial charge in [-0.3, -0.25) is 20.2 Å². The summed E-state index contributed by atoms with van der Waals surface area (Å²) < 4.78 is 0. The Kier molecular flexibility index (Phi) is 6.76. The molecule has 1 aliphatic heterocycles. The summed E-state index contributed by atoms with van der Waals surface area (Å²) in [6.45, 7) is 2.13. The molecule has 1 heterocycles. The van der Waals surface area contributed by atoms with Crippen LogP contribution in [0.1, 0.15) is 41.3 Å². The first-order valence-corrected chi connectivity index (χ1v) is 11.4. The molecule has 3 aromatic rings. The van der Waals surface area contributed by atoms with Gasteiger partial charge in [-0.15, -0.1) is 0 Å². The third-order valence-corrected chi connectivity index (χ3v) is 6.63. The second-order valence-electron chi connectivity index (χ2n) is 7.62. The van der Waals surface area contributed by atoms with Gasteiger partial charge in [0.15, 0.2) is 0 Å². The van der Waals surface area contributed by atoms with Gasteiger partial charge < -0.3 is 0 Å². The van der Waals surface area contributed by atoms with E-state index in [4.69, 9.17) is 11.6 Å². The molecule has 4 rings (SSSR count). The highest BCUT2D eigenvalue weighted by Gasteiger charge is 2.31. The van der Waals surface area contributed by atoms with Crippen LogP contribution in [0.2, 0.25) is 5.02 Å². The van der Waals surface area contributed by atoms with Gasteiger partial charge >= 0.3 is 0 Å². The van der Waals surface area contributed by atoms with Crippen LogP contribution >= 0.6 is 23.4 Å². The van der Waals surface area contributed by atoms with Crippen LogP contribution in [0.4, 0.5) is 4.79 Å². The maximum absolute atomic E-state index is 12.0. The van der Waals surface area contributed by atoms with Crippen LogP contribution in [0.3, 0.4) is 0 Å². The molecule has 4 nitrogen and oxygen atoms in total. The molecular weight excluding hydrogens is 428 g/mol. The van der Waals surface area contributed by atoms with Gasteiger partial charge in [-0.1, -0.05) is 90.1 Å². The van der Waals surface area contributed by atoms with Crippen molar-refractivity contribution >= 4 is 34.5 Å². The van der Waals surface area contributed by atoms with E-state index in [0.717, 1.165) is 39.0 Å². The van der Waals surface area contributed by atoms with E-state index in [1.807, 2.05) is 54.6 Å². The molecule has 0 spiro atoms. The average Bonchev–Trinajstić information content (AvgIpc) is 3.09. The Morgan fingerprint density at radius 2 is 1.65 bits per heavy atom. The Morgan fingerprint density at radius 3 is 2.32 bits per heavy atom. The van der Waals surface area contributed by atoms with E-state index < -0.39 is 0 Å². The Morgan fingerprint density at radius 1 is 0.935 bits per heavy atom. The lowest BCUT2D eigenvalue weighted by molar-refractivity contribution is -0.118. The molecule has 158 valence electrons. The summed E-state index contributed by atoms with van der Waals surface area (Å²) in [7, 11) is 0. The van der Waals surface area contributed by atoms with Gasteiger partial charge in [-0.2, -0.15) is 0 Å². The summed E-state index contributed by atoms with van der Waals surface area (Å²) in [6, 6.07) is 26.5. The highest BCUT2D eigenvalue weighted by atomic mass is 35.5. The molecule has 3 atom stereocenters. The maximum Gasteiger partial charge on any atom is 0.286 e. The second kappa shape index (κ2) is 9.69. The number of benzene rings is 3. The van der Waals surface area contributed by atoms with Gasteiger partial charge in [0.25, 0.3) is 5.24 Å². The first-order chi connectivity index (χ1) is 15.0. The summed E-state index contributed by atoms with van der Waals surface area (Å²) >= 11 is 7.11. The molecule has 1 aliphatic rings. The predicted molar refractivity (Wildman–Crippen MR) is 126 cm³/mol. The normalized spacial score (nSPS) is 17.9. The monoisotopic (exact) mass is 450 g/mol. The standard InChI is InChI=1S/C25H23ClN2O2S/c1-16(18-10-12-21(26)13-11-18)27-23(19-7-3-2-4-8-19)20-9-5-6-17(14-20)15-22-24(29)28-25(30)31-22/h2-14,16,22-23,27H,15H2,1H3,(H,28,29,30). The summed E-state index contributed by atoms with van der Waals surface area (Å²) in [5.74, 6) is -0.213. The van der Waals surface area contributed by atoms with Gasteiger partial charge in [-0.25, -0.2) is 0 Å². The van der Waals surface area contributed by atoms with E-state index in [0.29, 0.717) is 6.42 Å². The van der Waals surface area contributed by atoms with Crippen LogP contribution < -0.4 is 10.6 Å². The van der Waals surface area contributed by atoms with Crippen molar-refractivity contribution in [2.75, 3.05) is 0 Å². The summed E-state index contributed by atoms with van der Waals surface area (Å²) in [6.07, 6.45) is 0.518. The van der Waals surface area contributed by atoms with E-state index in [1.54, 1.807) is 0 Å². The summed E-state index contributed by atoms with van der Waals surface area (Å²) in [5.41, 5.74) is 4.45. The van der Waals surface area contributed by atoms with Crippen molar-refractivity contribution in [3.8, 4) is 0 Å². The van der Waals surface area contributed by atoms with Crippen molar-refractivity contribution in [1.82, 2.24) is 10.6 Å². The molecular formula is C25H23ClN2O2S. The molecule has 3 unspecified atom stereocenters. The lowest BCUT2D eigenvalue weighted by atomic mass is 9.94. The first-order valence-electron chi connectivity index (χ1n) is 10.2. The topological polar surface area (TPSA) is 58.2 Å². The Balaban J connectivity index is 1.60. The molecule has 0 bridgehead atoms. The number of carbonyl (C=O) groups is 2. The largest absolute Gasteiger partial charge is 0.300 e. The second-order valence-corrected chi connectivity index (χ2v) is 9.23. The third-order valence-electron chi connectivity index (χ3n) is 5.39. The molecule has 0 aliphatic carbocycles. The lowest BCUT2D eigenvalue weighted by Gasteiger charge is -2.25. The number of rotatable bonds is 7. The molecule has 31 heavy (non-hydrogen) atoms. The highest BCUT2D eigenvalue weighted by Crippen LogP contribution is 2.29. The quantitative estimate of drug-likeness (QED) is 0.486. The van der Waals surface area contributed by atoms with E-state index in [1.165, 1.54) is 0 Å². The minimum absolute atomic E-state index is 0.0292. The number of carbonyl (C=O) groups excluding carboxylic acids is 2. The first kappa shape index (κ1) is 21.6. The number of halogens is 1. The van der Waals surface area contributed by atoms with Crippen LogP contribution in [0, 0.1) is 0 Å². The van der Waals surface area contributed by atoms with Crippen molar-refractivity contribution in [1.29, 1.82) is 0 Å². The zero-order valence-corrected chi connectivity index (χ0v) is 18.6. The van der Waals surface area contributed by atoms with Crippen LogP contribution in [0.25, 0.3) is 0 Å². The molecule has 2 N–H and O–H groups in total. The number of thioether (sulfide) groups is 1. The smallest absolute Gasteiger partial charge is 0.286 e. The third kappa shape index (κ3) is 5.37. The van der Waals surface area contributed by atoms with Crippen LogP contribution in [-0.2, 0) is 11.2 Å². The maximum atomic E-state index is 12.0. The molecule has 0 saturated carbocycles. The van der Waals surface area contributed by atoms with Gasteiger partial charge in [0, 0.05) is 11.1 Å². The molecule has 6 heteroatoms. The molecule has 0 aromatic heterocycles. The Hall–Kier alpha value is -2.60. The highest BCUT2D eigenvalue weighted by molar-refractivity contribution is 8.15. The average molecular weight is 451 g/mol. The number of hydrogen-bond donors (Lipinski definition) is 2. The van der Waals surface area contributed by atoms with Crippen molar-refractivity contribution in [3.05, 3.63) is 106 Å². The fourth-order valence-electron chi connectivity index (χ4n) is 3.77. The zero-order chi connectivity index (χ0) is 21.8. The van der Waals surface area contributed by atoms with Crippen molar-refractivity contribution in [2.45, 2.75) is 30.7 Å². The van der Waals surface area contributed by atoms with Gasteiger partial charge in [0.2, 0.25) is 5.91 Å². The van der Waals surface area contributed by atoms with E-state index in [9.17, 15) is 9.59 Å². The molecule has 2 amide bonds. The SMILES string of the molecule is CC(NC(c1ccccc1)c1cccc(CC2SC(=O)NC2=O)c1)c1ccc(Cl)cc1. The van der Waals surface area contributed by atoms with Gasteiger partial charge in [0.1, 0.15) is 0 Å². The number of hydrogen-bond acceptors (Lipinski definition) is 4. The van der Waals surface area contributed by atoms with Gasteiger partial charge in [0.05, 0.1) is 11.3 Å². The van der Waals surface area contributed by atoms with Gasteiger partial charge in [-0.05, 0) is 47.7 Å². The minimum atomic E-state index is -0.376. The summed E-state index contributed by atoms with van der Waals surface area (Å²) in [4.78, 5) is 23.5. The van der Waals surface area contributed by atoms with Crippen molar-refractivity contribution in [2.24, 2.45) is 0 Å². The van der Waals surface area contributed by atoms with Crippen LogP contribution in [-0.4, -0.2) is 16.4 Å². The van der Waals surface area contributed by atoms with E-state index >= 15 is 0 Å². The molecule has 1 fully saturated rings. The summed E-state index contributed by atoms with van der Waals surface area (Å²) in [5, 5.41) is 6.17. The van der Waals surface area contributed by atoms with E-state index in [-0.39, 0.29) is 28.5 Å². The molecule has 0 radical (unpaired) electrons. The predicted octanol–water partition coefficient (Wildman–Crippen LogP) is 5.67. The Labute approximate surface area is 191 Å². The minimum Gasteiger partial charge on any atom is -0.300 e. The van der Waals surface area contributed by atoms with E-state index in [2.05, 4.69) is 41.8 Å². The van der Waals surface area contributed by atoms with Crippen LogP contribution in [0.15, 0.2) is 78.9 Å². The van der Waals surface area contributed by atoms with Crippen molar-refractivity contribution in [3.63, 3.8) is 0 Å². The van der Waals surface area contributed by atoms with Crippen LogP contribution in [0.5, 0.6) is 0 Å². The lowest BCUT2D eigenvalue weighted by Crippen LogP contribution is -2.26. The fraction of sp³-hybridized carbons (Fsp3) is 0.200. The fourth-order valence-corrected chi connectivity index (χ4v) is 4.76. The number of imide groups is 1. The van der Waals surface area contributed by atoms with Crippen molar-refractivity contribution < 1.29 is 9.59 Å².